The molecule has 0 unspecified atom stereocenters. The Morgan fingerprint density at radius 1 is 1.15 bits per heavy atom. The Morgan fingerprint density at radius 3 is 2.56 bits per heavy atom. The van der Waals surface area contributed by atoms with E-state index in [1.54, 1.807) is 17.9 Å². The number of nitrogens with zero attached hydrogens (tertiary/aromatic N) is 3. The van der Waals surface area contributed by atoms with Crippen LogP contribution in [-0.2, 0) is 12.7 Å². The van der Waals surface area contributed by atoms with Gasteiger partial charge < -0.3 is 15.3 Å². The minimum atomic E-state index is -4.90. The van der Waals surface area contributed by atoms with E-state index in [1.165, 1.54) is 6.20 Å². The van der Waals surface area contributed by atoms with E-state index in [9.17, 15) is 31.9 Å². The van der Waals surface area contributed by atoms with E-state index in [0.29, 0.717) is 42.3 Å². The van der Waals surface area contributed by atoms with Gasteiger partial charge in [-0.25, -0.2) is 13.8 Å². The molecule has 0 saturated heterocycles. The fourth-order valence-electron chi connectivity index (χ4n) is 3.86. The summed E-state index contributed by atoms with van der Waals surface area (Å²) in [5.74, 6) is -2.77. The number of hydrogen-bond donors (Lipinski definition) is 2. The van der Waals surface area contributed by atoms with Crippen molar-refractivity contribution in [2.75, 3.05) is 11.9 Å². The minimum Gasteiger partial charge on any atom is -0.506 e. The van der Waals surface area contributed by atoms with Crippen LogP contribution in [0.3, 0.4) is 0 Å². The van der Waals surface area contributed by atoms with E-state index in [4.69, 9.17) is 0 Å². The van der Waals surface area contributed by atoms with Gasteiger partial charge >= 0.3 is 6.18 Å². The van der Waals surface area contributed by atoms with E-state index >= 15 is 0 Å². The first-order valence-corrected chi connectivity index (χ1v) is 10.3. The molecule has 3 heterocycles. The summed E-state index contributed by atoms with van der Waals surface area (Å²) in [6.07, 6.45) is -2.91. The summed E-state index contributed by atoms with van der Waals surface area (Å²) < 4.78 is 69.0. The molecule has 0 aliphatic carbocycles. The lowest BCUT2D eigenvalue weighted by Gasteiger charge is -2.19. The molecule has 1 aliphatic heterocycles. The largest absolute Gasteiger partial charge is 0.506 e. The Hall–Kier alpha value is -3.76. The van der Waals surface area contributed by atoms with Gasteiger partial charge in [-0.2, -0.15) is 13.2 Å². The number of carbonyl (C=O) groups excluding carboxylic acids is 1. The standard InChI is InChI=1S/C23H19F5N4O2/c1-3-32-10-15-12(22(32)34)4-5-29-21(15)31-11(2)13-6-18(25)14(7-17(13)24)19-8-16(23(26,27)28)20(33)9-30-19/h4-9,11,33H,3,10H2,1-2H3,(H,29,31)/t11-/m0/s1. The van der Waals surface area contributed by atoms with Crippen molar-refractivity contribution in [2.45, 2.75) is 32.6 Å². The Bertz CT molecular complexity index is 1280. The number of carbonyl (C=O) groups is 1. The highest BCUT2D eigenvalue weighted by molar-refractivity contribution is 5.99. The van der Waals surface area contributed by atoms with Gasteiger partial charge in [0.2, 0.25) is 0 Å². The normalized spacial score (nSPS) is 14.3. The van der Waals surface area contributed by atoms with E-state index in [2.05, 4.69) is 15.3 Å². The molecule has 1 amide bonds. The summed E-state index contributed by atoms with van der Waals surface area (Å²) >= 11 is 0. The number of hydrogen-bond acceptors (Lipinski definition) is 5. The third-order valence-electron chi connectivity index (χ3n) is 5.67. The lowest BCUT2D eigenvalue weighted by Crippen LogP contribution is -2.22. The predicted octanol–water partition coefficient (Wildman–Crippen LogP) is 5.30. The van der Waals surface area contributed by atoms with E-state index in [1.807, 2.05) is 6.92 Å². The van der Waals surface area contributed by atoms with Crippen LogP contribution in [0.4, 0.5) is 27.8 Å². The van der Waals surface area contributed by atoms with Crippen molar-refractivity contribution in [3.05, 3.63) is 70.5 Å². The van der Waals surface area contributed by atoms with Gasteiger partial charge in [-0.3, -0.25) is 9.78 Å². The number of nitrogens with one attached hydrogen (secondary N) is 1. The van der Waals surface area contributed by atoms with Gasteiger partial charge in [-0.15, -0.1) is 0 Å². The zero-order chi connectivity index (χ0) is 24.8. The van der Waals surface area contributed by atoms with Crippen molar-refractivity contribution in [2.24, 2.45) is 0 Å². The molecule has 11 heteroatoms. The fraction of sp³-hybridized carbons (Fsp3) is 0.261. The van der Waals surface area contributed by atoms with Crippen molar-refractivity contribution in [1.82, 2.24) is 14.9 Å². The molecule has 1 aliphatic rings. The Morgan fingerprint density at radius 2 is 1.88 bits per heavy atom. The number of rotatable bonds is 5. The van der Waals surface area contributed by atoms with E-state index in [0.717, 1.165) is 12.1 Å². The van der Waals surface area contributed by atoms with Crippen molar-refractivity contribution in [3.63, 3.8) is 0 Å². The molecular formula is C23H19F5N4O2. The maximum atomic E-state index is 14.9. The first-order valence-electron chi connectivity index (χ1n) is 10.3. The molecule has 0 spiro atoms. The van der Waals surface area contributed by atoms with Crippen LogP contribution >= 0.6 is 0 Å². The Balaban J connectivity index is 1.65. The molecule has 6 nitrogen and oxygen atoms in total. The Labute approximate surface area is 191 Å². The van der Waals surface area contributed by atoms with Gasteiger partial charge in [0.25, 0.3) is 5.91 Å². The molecule has 1 atom stereocenters. The molecule has 0 fully saturated rings. The molecule has 0 saturated carbocycles. The quantitative estimate of drug-likeness (QED) is 0.487. The van der Waals surface area contributed by atoms with Gasteiger partial charge in [-0.05, 0) is 38.1 Å². The van der Waals surface area contributed by atoms with E-state index in [-0.39, 0.29) is 11.5 Å². The lowest BCUT2D eigenvalue weighted by atomic mass is 10.0. The minimum absolute atomic E-state index is 0.0906. The second-order valence-electron chi connectivity index (χ2n) is 7.81. The van der Waals surface area contributed by atoms with Crippen LogP contribution in [-0.4, -0.2) is 32.4 Å². The molecule has 3 aromatic rings. The number of fused-ring (bicyclic) bond motifs is 1. The summed E-state index contributed by atoms with van der Waals surface area (Å²) in [5.41, 5.74) is -1.33. The molecule has 0 radical (unpaired) electrons. The van der Waals surface area contributed by atoms with Crippen molar-refractivity contribution in [1.29, 1.82) is 0 Å². The summed E-state index contributed by atoms with van der Waals surface area (Å²) in [6.45, 7) is 4.24. The third-order valence-corrected chi connectivity index (χ3v) is 5.67. The van der Waals surface area contributed by atoms with Gasteiger partial charge in [0.1, 0.15) is 28.8 Å². The zero-order valence-corrected chi connectivity index (χ0v) is 18.0. The summed E-state index contributed by atoms with van der Waals surface area (Å²) in [6, 6.07) is 2.90. The number of pyridine rings is 2. The second kappa shape index (κ2) is 8.54. The highest BCUT2D eigenvalue weighted by atomic mass is 19.4. The number of aromatic nitrogens is 2. The first-order chi connectivity index (χ1) is 16.0. The number of amides is 1. The lowest BCUT2D eigenvalue weighted by molar-refractivity contribution is -0.138. The highest BCUT2D eigenvalue weighted by Gasteiger charge is 2.35. The van der Waals surface area contributed by atoms with Crippen molar-refractivity contribution < 1.29 is 31.9 Å². The van der Waals surface area contributed by atoms with Crippen LogP contribution < -0.4 is 5.32 Å². The summed E-state index contributed by atoms with van der Waals surface area (Å²) in [7, 11) is 0. The maximum absolute atomic E-state index is 14.9. The molecule has 0 bridgehead atoms. The SMILES string of the molecule is CCN1Cc2c(ccnc2N[C@@H](C)c2cc(F)c(-c3cc(C(F)(F)F)c(O)cn3)cc2F)C1=O. The second-order valence-corrected chi connectivity index (χ2v) is 7.81. The number of anilines is 1. The average Bonchev–Trinajstić information content (AvgIpc) is 3.11. The molecule has 2 aromatic heterocycles. The summed E-state index contributed by atoms with van der Waals surface area (Å²) in [5, 5.41) is 12.4. The van der Waals surface area contributed by atoms with Crippen molar-refractivity contribution in [3.8, 4) is 17.0 Å². The Kier molecular flexibility index (Phi) is 5.88. The average molecular weight is 478 g/mol. The van der Waals surface area contributed by atoms with Gasteiger partial charge in [0.05, 0.1) is 24.5 Å². The predicted molar refractivity (Wildman–Crippen MR) is 113 cm³/mol. The van der Waals surface area contributed by atoms with Crippen LogP contribution in [0.15, 0.2) is 36.7 Å². The maximum Gasteiger partial charge on any atom is 0.420 e. The zero-order valence-electron chi connectivity index (χ0n) is 18.0. The monoisotopic (exact) mass is 478 g/mol. The van der Waals surface area contributed by atoms with Crippen LogP contribution in [0.1, 0.15) is 46.9 Å². The van der Waals surface area contributed by atoms with Crippen LogP contribution in [0, 0.1) is 11.6 Å². The molecule has 178 valence electrons. The topological polar surface area (TPSA) is 78.3 Å². The number of alkyl halides is 3. The first kappa shape index (κ1) is 23.4. The molecule has 2 N–H and O–H groups in total. The van der Waals surface area contributed by atoms with Crippen molar-refractivity contribution >= 4 is 11.7 Å². The van der Waals surface area contributed by atoms with Gasteiger partial charge in [-0.1, -0.05) is 0 Å². The molecule has 1 aromatic carbocycles. The van der Waals surface area contributed by atoms with Crippen LogP contribution in [0.25, 0.3) is 11.3 Å². The molecule has 4 rings (SSSR count). The van der Waals surface area contributed by atoms with E-state index < -0.39 is 46.4 Å². The molecule has 34 heavy (non-hydrogen) atoms. The smallest absolute Gasteiger partial charge is 0.420 e. The third kappa shape index (κ3) is 4.13. The highest BCUT2D eigenvalue weighted by Crippen LogP contribution is 2.38. The molecular weight excluding hydrogens is 459 g/mol. The van der Waals surface area contributed by atoms with Crippen LogP contribution in [0.2, 0.25) is 0 Å². The fourth-order valence-corrected chi connectivity index (χ4v) is 3.86. The van der Waals surface area contributed by atoms with Gasteiger partial charge in [0, 0.05) is 35.0 Å². The number of halogens is 5. The number of benzene rings is 1. The number of aromatic hydroxyl groups is 1. The van der Waals surface area contributed by atoms with Crippen LogP contribution in [0.5, 0.6) is 5.75 Å². The summed E-state index contributed by atoms with van der Waals surface area (Å²) in [4.78, 5) is 21.8. The van der Waals surface area contributed by atoms with Gasteiger partial charge in [0.15, 0.2) is 0 Å².